The second-order valence-electron chi connectivity index (χ2n) is 4.81. The van der Waals surface area contributed by atoms with Crippen LogP contribution in [0.15, 0.2) is 16.1 Å². The lowest BCUT2D eigenvalue weighted by atomic mass is 9.64. The third kappa shape index (κ3) is 3.22. The minimum Gasteiger partial charge on any atom is -0.393 e. The van der Waals surface area contributed by atoms with Crippen LogP contribution in [0.1, 0.15) is 12.8 Å². The molecule has 19 heavy (non-hydrogen) atoms. The Bertz CT molecular complexity index is 455. The van der Waals surface area contributed by atoms with Crippen LogP contribution in [0.4, 0.5) is 13.2 Å². The van der Waals surface area contributed by atoms with Crippen molar-refractivity contribution in [2.24, 2.45) is 16.1 Å². The van der Waals surface area contributed by atoms with E-state index in [1.807, 2.05) is 0 Å². The fraction of sp³-hybridized carbons (Fsp3) is 0.636. The minimum absolute atomic E-state index is 0.0571. The van der Waals surface area contributed by atoms with Crippen molar-refractivity contribution in [3.63, 3.8) is 0 Å². The molecule has 0 radical (unpaired) electrons. The first-order valence-corrected chi connectivity index (χ1v) is 6.42. The normalized spacial score (nSPS) is 23.7. The van der Waals surface area contributed by atoms with Gasteiger partial charge in [0.1, 0.15) is 11.1 Å². The second kappa shape index (κ2) is 5.06. The molecule has 0 bridgehead atoms. The highest BCUT2D eigenvalue weighted by atomic mass is 32.2. The van der Waals surface area contributed by atoms with Crippen LogP contribution < -0.4 is 5.73 Å². The summed E-state index contributed by atoms with van der Waals surface area (Å²) in [5.41, 5.74) is 4.34. The average molecular weight is 291 g/mol. The van der Waals surface area contributed by atoms with E-state index < -0.39 is 11.9 Å². The van der Waals surface area contributed by atoms with Crippen LogP contribution in [0.5, 0.6) is 0 Å². The minimum atomic E-state index is -4.56. The maximum atomic E-state index is 12.8. The van der Waals surface area contributed by atoms with Crippen LogP contribution in [0.3, 0.4) is 0 Å². The third-order valence-corrected chi connectivity index (χ3v) is 3.65. The van der Waals surface area contributed by atoms with Crippen LogP contribution in [0, 0.1) is 16.1 Å². The lowest BCUT2D eigenvalue weighted by molar-refractivity contribution is -0.162. The van der Waals surface area contributed by atoms with Crippen LogP contribution in [0.2, 0.25) is 0 Å². The summed E-state index contributed by atoms with van der Waals surface area (Å²) in [6, 6.07) is -0.336. The number of ether oxygens (including phenoxy) is 1. The number of aliphatic imine (C=N–C) groups is 1. The molecular weight excluding hydrogens is 279 g/mol. The molecule has 8 heteroatoms. The lowest BCUT2D eigenvalue weighted by Crippen LogP contribution is -2.54. The van der Waals surface area contributed by atoms with Crippen molar-refractivity contribution < 1.29 is 17.9 Å². The number of halogens is 3. The van der Waals surface area contributed by atoms with Gasteiger partial charge >= 0.3 is 6.18 Å². The molecule has 1 aliphatic heterocycles. The predicted molar refractivity (Wildman–Crippen MR) is 65.2 cm³/mol. The van der Waals surface area contributed by atoms with Gasteiger partial charge in [-0.05, 0) is 18.9 Å². The van der Waals surface area contributed by atoms with E-state index in [1.54, 1.807) is 5.40 Å². The zero-order valence-corrected chi connectivity index (χ0v) is 10.7. The van der Waals surface area contributed by atoms with Crippen molar-refractivity contribution in [3.05, 3.63) is 11.1 Å². The van der Waals surface area contributed by atoms with E-state index in [0.717, 1.165) is 6.08 Å². The third-order valence-electron chi connectivity index (χ3n) is 3.21. The summed E-state index contributed by atoms with van der Waals surface area (Å²) < 4.78 is 43.4. The fourth-order valence-electron chi connectivity index (χ4n) is 2.26. The molecule has 0 atom stereocenters. The summed E-state index contributed by atoms with van der Waals surface area (Å²) in [5, 5.41) is 9.77. The van der Waals surface area contributed by atoms with Crippen LogP contribution >= 0.6 is 11.8 Å². The largest absolute Gasteiger partial charge is 0.433 e. The smallest absolute Gasteiger partial charge is 0.393 e. The Hall–Kier alpha value is -1.20. The number of nitrogens with two attached hydrogens (primary N) is 1. The summed E-state index contributed by atoms with van der Waals surface area (Å²) >= 11 is 0.487. The first kappa shape index (κ1) is 14.2. The number of hydrogen-bond donors (Lipinski definition) is 1. The number of thioether (sulfide) groups is 1. The van der Waals surface area contributed by atoms with E-state index in [1.165, 1.54) is 0 Å². The number of rotatable bonds is 3. The van der Waals surface area contributed by atoms with Crippen molar-refractivity contribution in [1.29, 1.82) is 5.26 Å². The highest BCUT2D eigenvalue weighted by Crippen LogP contribution is 2.48. The molecule has 2 N–H and O–H groups in total. The van der Waals surface area contributed by atoms with E-state index in [-0.39, 0.29) is 16.5 Å². The van der Waals surface area contributed by atoms with Gasteiger partial charge in [0.15, 0.2) is 0 Å². The zero-order chi connectivity index (χ0) is 14.1. The molecule has 2 rings (SSSR count). The van der Waals surface area contributed by atoms with Gasteiger partial charge in [-0.25, -0.2) is 0 Å². The molecule has 1 aliphatic carbocycles. The van der Waals surface area contributed by atoms with Crippen molar-refractivity contribution >= 4 is 17.5 Å². The van der Waals surface area contributed by atoms with Gasteiger partial charge in [-0.2, -0.15) is 18.4 Å². The quantitative estimate of drug-likeness (QED) is 0.639. The second-order valence-corrected chi connectivity index (χ2v) is 5.67. The van der Waals surface area contributed by atoms with E-state index in [9.17, 15) is 13.2 Å². The fourth-order valence-corrected chi connectivity index (χ4v) is 2.54. The van der Waals surface area contributed by atoms with Gasteiger partial charge in [0.2, 0.25) is 0 Å². The number of thiocyanates is 1. The molecule has 0 amide bonds. The van der Waals surface area contributed by atoms with Crippen molar-refractivity contribution in [2.75, 3.05) is 13.2 Å². The average Bonchev–Trinajstić information content (AvgIpc) is 2.16. The maximum absolute atomic E-state index is 12.8. The number of allylic oxidation sites excluding steroid dienone is 1. The number of nitrogens with zero attached hydrogens (tertiary/aromatic N) is 2. The molecule has 1 saturated heterocycles. The van der Waals surface area contributed by atoms with Crippen LogP contribution in [-0.4, -0.2) is 31.1 Å². The predicted octanol–water partition coefficient (Wildman–Crippen LogP) is 2.18. The monoisotopic (exact) mass is 291 g/mol. The van der Waals surface area contributed by atoms with E-state index >= 15 is 0 Å². The summed E-state index contributed by atoms with van der Waals surface area (Å²) in [6.45, 7) is 1.23. The van der Waals surface area contributed by atoms with Crippen molar-refractivity contribution in [1.82, 2.24) is 0 Å². The molecule has 0 aromatic carbocycles. The Kier molecular flexibility index (Phi) is 3.78. The summed E-state index contributed by atoms with van der Waals surface area (Å²) in [4.78, 5) is 3.71. The molecule has 4 nitrogen and oxygen atoms in total. The maximum Gasteiger partial charge on any atom is 0.433 e. The summed E-state index contributed by atoms with van der Waals surface area (Å²) in [7, 11) is 0. The highest BCUT2D eigenvalue weighted by molar-refractivity contribution is 8.07. The molecule has 104 valence electrons. The van der Waals surface area contributed by atoms with Crippen molar-refractivity contribution in [3.8, 4) is 5.40 Å². The topological polar surface area (TPSA) is 71.4 Å². The van der Waals surface area contributed by atoms with E-state index in [0.29, 0.717) is 37.8 Å². The van der Waals surface area contributed by atoms with Gasteiger partial charge in [0.25, 0.3) is 0 Å². The first-order valence-electron chi connectivity index (χ1n) is 5.60. The van der Waals surface area contributed by atoms with Gasteiger partial charge in [-0.1, -0.05) is 0 Å². The molecule has 2 fully saturated rings. The van der Waals surface area contributed by atoms with Gasteiger partial charge in [-0.15, -0.1) is 0 Å². The van der Waals surface area contributed by atoms with Crippen molar-refractivity contribution in [2.45, 2.75) is 25.1 Å². The molecule has 1 saturated carbocycles. The number of hydrogen-bond acceptors (Lipinski definition) is 5. The lowest BCUT2D eigenvalue weighted by Gasteiger charge is -2.52. The first-order chi connectivity index (χ1) is 8.85. The van der Waals surface area contributed by atoms with Crippen LogP contribution in [-0.2, 0) is 4.74 Å². The van der Waals surface area contributed by atoms with E-state index in [4.69, 9.17) is 15.7 Å². The molecule has 0 unspecified atom stereocenters. The zero-order valence-electron chi connectivity index (χ0n) is 9.91. The Balaban J connectivity index is 2.06. The number of nitriles is 1. The summed E-state index contributed by atoms with van der Waals surface area (Å²) in [6.07, 6.45) is -2.60. The Morgan fingerprint density at radius 3 is 2.53 bits per heavy atom. The molecule has 1 heterocycles. The van der Waals surface area contributed by atoms with Gasteiger partial charge in [-0.3, -0.25) is 4.99 Å². The molecular formula is C11H12F3N3OS. The van der Waals surface area contributed by atoms with E-state index in [2.05, 4.69) is 4.99 Å². The molecule has 1 spiro atoms. The highest BCUT2D eigenvalue weighted by Gasteiger charge is 2.50. The number of alkyl halides is 3. The Morgan fingerprint density at radius 1 is 1.47 bits per heavy atom. The molecule has 0 aromatic heterocycles. The Morgan fingerprint density at radius 2 is 2.11 bits per heavy atom. The molecule has 0 aromatic rings. The van der Waals surface area contributed by atoms with Crippen LogP contribution in [0.25, 0.3) is 0 Å². The standard InChI is InChI=1S/C11H12F3N3OS/c12-11(13,14)8(1-9(16)19-6-15)17-7-2-10(3-7)4-18-5-10/h1,7H,2-5,16H2. The summed E-state index contributed by atoms with van der Waals surface area (Å²) in [5.74, 6) is 0. The van der Waals surface area contributed by atoms with Gasteiger partial charge in [0.05, 0.1) is 24.3 Å². The van der Waals surface area contributed by atoms with Gasteiger partial charge in [0, 0.05) is 17.2 Å². The molecule has 2 aliphatic rings. The van der Waals surface area contributed by atoms with Gasteiger partial charge < -0.3 is 10.5 Å². The SMILES string of the molecule is N#CSC(N)=CC(=NC1CC2(COC2)C1)C(F)(F)F. The Labute approximate surface area is 112 Å².